The Morgan fingerprint density at radius 2 is 1.25 bits per heavy atom. The Kier molecular flexibility index (Phi) is 4.13. The Hall–Kier alpha value is -3.09. The number of nitrogens with zero attached hydrogens (tertiary/aromatic N) is 2. The third-order valence-electron chi connectivity index (χ3n) is 2.15. The van der Waals surface area contributed by atoms with Crippen molar-refractivity contribution in [3.8, 4) is 0 Å². The molecule has 0 saturated carbocycles. The number of esters is 2. The van der Waals surface area contributed by atoms with Crippen LogP contribution in [0.25, 0.3) is 0 Å². The van der Waals surface area contributed by atoms with Gasteiger partial charge in [-0.1, -0.05) is 0 Å². The predicted molar refractivity (Wildman–Crippen MR) is 64.7 cm³/mol. The zero-order chi connectivity index (χ0) is 14.4. The molecule has 0 fully saturated rings. The summed E-state index contributed by atoms with van der Waals surface area (Å²) < 4.78 is 8.69. The van der Waals surface area contributed by atoms with Gasteiger partial charge in [0.1, 0.15) is 0 Å². The van der Waals surface area contributed by atoms with Gasteiger partial charge in [-0.05, 0) is 24.3 Å². The first-order valence-electron chi connectivity index (χ1n) is 5.45. The van der Waals surface area contributed by atoms with Crippen molar-refractivity contribution in [3.05, 3.63) is 60.2 Å². The van der Waals surface area contributed by atoms with Gasteiger partial charge >= 0.3 is 18.1 Å². The maximum Gasteiger partial charge on any atom is 0.524 e. The molecule has 0 N–H and O–H groups in total. The van der Waals surface area contributed by atoms with Crippen LogP contribution in [0.5, 0.6) is 0 Å². The summed E-state index contributed by atoms with van der Waals surface area (Å²) in [6.07, 6.45) is 3.95. The highest BCUT2D eigenvalue weighted by Gasteiger charge is 2.18. The van der Waals surface area contributed by atoms with Crippen molar-refractivity contribution in [2.75, 3.05) is 0 Å². The molecule has 7 heteroatoms. The number of aromatic nitrogens is 2. The molecule has 7 nitrogen and oxygen atoms in total. The van der Waals surface area contributed by atoms with Gasteiger partial charge < -0.3 is 9.47 Å². The van der Waals surface area contributed by atoms with Crippen molar-refractivity contribution in [1.29, 1.82) is 0 Å². The van der Waals surface area contributed by atoms with Gasteiger partial charge in [-0.15, -0.1) is 0 Å². The van der Waals surface area contributed by atoms with Gasteiger partial charge in [-0.3, -0.25) is 9.97 Å². The highest BCUT2D eigenvalue weighted by Crippen LogP contribution is 2.03. The SMILES string of the molecule is O=C(OC(=O)c1cccnc1)OC(=O)c1cccnc1. The molecule has 0 unspecified atom stereocenters. The minimum absolute atomic E-state index is 0.0678. The molecule has 0 aliphatic carbocycles. The van der Waals surface area contributed by atoms with Crippen LogP contribution in [0.4, 0.5) is 4.79 Å². The Labute approximate surface area is 113 Å². The van der Waals surface area contributed by atoms with E-state index in [1.165, 1.54) is 49.1 Å². The molecular weight excluding hydrogens is 264 g/mol. The minimum Gasteiger partial charge on any atom is -0.356 e. The molecule has 100 valence electrons. The van der Waals surface area contributed by atoms with E-state index in [9.17, 15) is 14.4 Å². The smallest absolute Gasteiger partial charge is 0.356 e. The summed E-state index contributed by atoms with van der Waals surface area (Å²) in [7, 11) is 0. The van der Waals surface area contributed by atoms with E-state index in [2.05, 4.69) is 19.4 Å². The number of hydrogen-bond acceptors (Lipinski definition) is 7. The number of rotatable bonds is 2. The molecule has 2 rings (SSSR count). The first-order valence-corrected chi connectivity index (χ1v) is 5.45. The van der Waals surface area contributed by atoms with Crippen molar-refractivity contribution in [2.24, 2.45) is 0 Å². The third kappa shape index (κ3) is 3.45. The molecule has 0 aliphatic heterocycles. The lowest BCUT2D eigenvalue weighted by Gasteiger charge is -2.03. The predicted octanol–water partition coefficient (Wildman–Crippen LogP) is 1.61. The van der Waals surface area contributed by atoms with Gasteiger partial charge in [0.2, 0.25) is 0 Å². The average Bonchev–Trinajstić information content (AvgIpc) is 2.49. The van der Waals surface area contributed by atoms with Crippen molar-refractivity contribution in [1.82, 2.24) is 9.97 Å². The minimum atomic E-state index is -1.41. The molecule has 0 bridgehead atoms. The van der Waals surface area contributed by atoms with Gasteiger partial charge in [-0.2, -0.15) is 0 Å². The van der Waals surface area contributed by atoms with Crippen LogP contribution in [0.2, 0.25) is 0 Å². The molecule has 2 heterocycles. The lowest BCUT2D eigenvalue weighted by Crippen LogP contribution is -2.18. The topological polar surface area (TPSA) is 95.5 Å². The van der Waals surface area contributed by atoms with Gasteiger partial charge in [0.05, 0.1) is 11.1 Å². The quantitative estimate of drug-likeness (QED) is 0.605. The fraction of sp³-hybridized carbons (Fsp3) is 0. The summed E-state index contributed by atoms with van der Waals surface area (Å²) in [5, 5.41) is 0. The second-order valence-electron chi connectivity index (χ2n) is 3.51. The Balaban J connectivity index is 1.93. The standard InChI is InChI=1S/C13H8N2O5/c16-11(9-3-1-5-14-7-9)19-13(18)20-12(17)10-4-2-6-15-8-10/h1-8H. The number of hydrogen-bond donors (Lipinski definition) is 0. The first kappa shape index (κ1) is 13.3. The van der Waals surface area contributed by atoms with E-state index >= 15 is 0 Å². The fourth-order valence-electron chi connectivity index (χ4n) is 1.26. The van der Waals surface area contributed by atoms with Crippen LogP contribution in [0.1, 0.15) is 20.7 Å². The monoisotopic (exact) mass is 272 g/mol. The van der Waals surface area contributed by atoms with Crippen molar-refractivity contribution in [3.63, 3.8) is 0 Å². The number of carbonyl (C=O) groups excluding carboxylic acids is 3. The van der Waals surface area contributed by atoms with Gasteiger partial charge in [0, 0.05) is 24.8 Å². The van der Waals surface area contributed by atoms with Gasteiger partial charge in [0.15, 0.2) is 0 Å². The van der Waals surface area contributed by atoms with Crippen LogP contribution in [-0.4, -0.2) is 28.1 Å². The van der Waals surface area contributed by atoms with E-state index < -0.39 is 18.1 Å². The van der Waals surface area contributed by atoms with Crippen LogP contribution < -0.4 is 0 Å². The lowest BCUT2D eigenvalue weighted by molar-refractivity contribution is 0.0337. The molecule has 2 aromatic heterocycles. The molecule has 20 heavy (non-hydrogen) atoms. The van der Waals surface area contributed by atoms with E-state index in [1.54, 1.807) is 0 Å². The molecular formula is C13H8N2O5. The Morgan fingerprint density at radius 3 is 1.60 bits per heavy atom. The number of pyridine rings is 2. The van der Waals surface area contributed by atoms with E-state index in [0.29, 0.717) is 0 Å². The van der Waals surface area contributed by atoms with E-state index in [1.807, 2.05) is 0 Å². The average molecular weight is 272 g/mol. The molecule has 0 spiro atoms. The molecule has 2 aromatic rings. The van der Waals surface area contributed by atoms with Crippen LogP contribution in [0.15, 0.2) is 49.1 Å². The fourth-order valence-corrected chi connectivity index (χ4v) is 1.26. The van der Waals surface area contributed by atoms with E-state index in [-0.39, 0.29) is 11.1 Å². The molecule has 0 aromatic carbocycles. The number of ether oxygens (including phenoxy) is 2. The molecule has 0 atom stereocenters. The number of carbonyl (C=O) groups is 3. The normalized spacial score (nSPS) is 9.60. The summed E-state index contributed by atoms with van der Waals surface area (Å²) in [5.74, 6) is -1.91. The van der Waals surface area contributed by atoms with E-state index in [0.717, 1.165) is 0 Å². The Morgan fingerprint density at radius 1 is 0.800 bits per heavy atom. The molecule has 0 amide bonds. The van der Waals surface area contributed by atoms with Crippen LogP contribution in [-0.2, 0) is 9.47 Å². The summed E-state index contributed by atoms with van der Waals surface area (Å²) in [5.41, 5.74) is 0.136. The summed E-state index contributed by atoms with van der Waals surface area (Å²) in [4.78, 5) is 41.6. The van der Waals surface area contributed by atoms with Crippen molar-refractivity contribution >= 4 is 18.1 Å². The zero-order valence-electron chi connectivity index (χ0n) is 10.1. The Bertz CT molecular complexity index is 572. The molecule has 0 radical (unpaired) electrons. The first-order chi connectivity index (χ1) is 9.66. The highest BCUT2D eigenvalue weighted by atomic mass is 16.8. The van der Waals surface area contributed by atoms with Gasteiger partial charge in [-0.25, -0.2) is 14.4 Å². The van der Waals surface area contributed by atoms with Crippen molar-refractivity contribution in [2.45, 2.75) is 0 Å². The molecule has 0 aliphatic rings. The third-order valence-corrected chi connectivity index (χ3v) is 2.15. The van der Waals surface area contributed by atoms with E-state index in [4.69, 9.17) is 0 Å². The summed E-state index contributed by atoms with van der Waals surface area (Å²) >= 11 is 0. The second kappa shape index (κ2) is 6.19. The largest absolute Gasteiger partial charge is 0.524 e. The van der Waals surface area contributed by atoms with Gasteiger partial charge in [0.25, 0.3) is 0 Å². The summed E-state index contributed by atoms with van der Waals surface area (Å²) in [6, 6.07) is 5.82. The molecule has 0 saturated heterocycles. The van der Waals surface area contributed by atoms with Crippen LogP contribution in [0.3, 0.4) is 0 Å². The van der Waals surface area contributed by atoms with Crippen molar-refractivity contribution < 1.29 is 23.9 Å². The second-order valence-corrected chi connectivity index (χ2v) is 3.51. The van der Waals surface area contributed by atoms with Crippen LogP contribution in [0, 0.1) is 0 Å². The maximum absolute atomic E-state index is 11.5. The summed E-state index contributed by atoms with van der Waals surface area (Å²) in [6.45, 7) is 0. The maximum atomic E-state index is 11.5. The highest BCUT2D eigenvalue weighted by molar-refractivity contribution is 6.00. The zero-order valence-corrected chi connectivity index (χ0v) is 10.1. The van der Waals surface area contributed by atoms with Crippen LogP contribution >= 0.6 is 0 Å². The lowest BCUT2D eigenvalue weighted by atomic mass is 10.3.